The molecular weight excluding hydrogens is 490 g/mol. The van der Waals surface area contributed by atoms with Crippen LogP contribution in [0, 0.1) is 6.92 Å². The van der Waals surface area contributed by atoms with E-state index in [1.54, 1.807) is 54.6 Å². The molecule has 37 heavy (non-hydrogen) atoms. The van der Waals surface area contributed by atoms with E-state index in [0.717, 1.165) is 24.0 Å². The Hall–Kier alpha value is -3.69. The third-order valence-corrected chi connectivity index (χ3v) is 7.31. The molecule has 1 heterocycles. The van der Waals surface area contributed by atoms with Gasteiger partial charge in [0.05, 0.1) is 35.8 Å². The van der Waals surface area contributed by atoms with Crippen molar-refractivity contribution in [3.8, 4) is 0 Å². The van der Waals surface area contributed by atoms with Gasteiger partial charge in [-0.25, -0.2) is 8.42 Å². The number of ether oxygens (including phenoxy) is 1. The fourth-order valence-corrected chi connectivity index (χ4v) is 5.08. The number of nitrogens with one attached hydrogen (secondary N) is 2. The van der Waals surface area contributed by atoms with Crippen LogP contribution in [-0.4, -0.2) is 45.7 Å². The number of hydrogen-bond acceptors (Lipinski definition) is 5. The highest BCUT2D eigenvalue weighted by atomic mass is 32.2. The van der Waals surface area contributed by atoms with E-state index in [9.17, 15) is 18.0 Å². The molecule has 0 saturated carbocycles. The number of carbonyl (C=O) groups is 2. The van der Waals surface area contributed by atoms with Crippen LogP contribution in [0.4, 0.5) is 11.4 Å². The Kier molecular flexibility index (Phi) is 8.25. The second kappa shape index (κ2) is 11.6. The van der Waals surface area contributed by atoms with E-state index in [2.05, 4.69) is 10.6 Å². The monoisotopic (exact) mass is 521 g/mol. The van der Waals surface area contributed by atoms with Gasteiger partial charge in [0.1, 0.15) is 0 Å². The topological polar surface area (TPSA) is 105 Å². The zero-order valence-corrected chi connectivity index (χ0v) is 21.8. The summed E-state index contributed by atoms with van der Waals surface area (Å²) >= 11 is 0. The summed E-state index contributed by atoms with van der Waals surface area (Å²) in [5.74, 6) is -0.650. The average Bonchev–Trinajstić information content (AvgIpc) is 3.39. The van der Waals surface area contributed by atoms with E-state index in [0.29, 0.717) is 35.7 Å². The van der Waals surface area contributed by atoms with E-state index in [1.165, 1.54) is 10.6 Å². The van der Waals surface area contributed by atoms with Crippen LogP contribution >= 0.6 is 0 Å². The van der Waals surface area contributed by atoms with Crippen molar-refractivity contribution in [3.63, 3.8) is 0 Å². The maximum absolute atomic E-state index is 12.9. The van der Waals surface area contributed by atoms with E-state index in [4.69, 9.17) is 4.74 Å². The molecule has 2 amide bonds. The Morgan fingerprint density at radius 1 is 1.00 bits per heavy atom. The molecule has 0 aromatic heterocycles. The van der Waals surface area contributed by atoms with E-state index >= 15 is 0 Å². The van der Waals surface area contributed by atoms with Crippen LogP contribution in [0.15, 0.2) is 72.8 Å². The number of anilines is 2. The van der Waals surface area contributed by atoms with Crippen molar-refractivity contribution >= 4 is 33.2 Å². The summed E-state index contributed by atoms with van der Waals surface area (Å²) in [6.07, 6.45) is 3.10. The van der Waals surface area contributed by atoms with Gasteiger partial charge in [0.15, 0.2) is 0 Å². The standard InChI is InChI=1S/C28H31N3O5S/c1-20-7-5-8-23(17-20)31(37(2,34)35)19-21-12-14-22(15-13-21)27(32)30-26-11-4-3-10-25(26)28(33)29-18-24-9-6-16-36-24/h3-5,7-8,10-15,17,24H,6,9,16,18-19H2,1-2H3,(H,29,33)(H,30,32). The number of para-hydroxylation sites is 1. The van der Waals surface area contributed by atoms with Crippen LogP contribution in [0.3, 0.4) is 0 Å². The van der Waals surface area contributed by atoms with Crippen LogP contribution in [-0.2, 0) is 21.3 Å². The lowest BCUT2D eigenvalue weighted by atomic mass is 10.1. The van der Waals surface area contributed by atoms with Gasteiger partial charge in [-0.3, -0.25) is 13.9 Å². The molecule has 0 radical (unpaired) electrons. The van der Waals surface area contributed by atoms with Crippen LogP contribution in [0.25, 0.3) is 0 Å². The van der Waals surface area contributed by atoms with Gasteiger partial charge in [-0.2, -0.15) is 0 Å². The highest BCUT2D eigenvalue weighted by Gasteiger charge is 2.20. The zero-order valence-electron chi connectivity index (χ0n) is 20.9. The normalized spacial score (nSPS) is 15.2. The molecule has 1 atom stereocenters. The minimum Gasteiger partial charge on any atom is -0.376 e. The molecule has 4 rings (SSSR count). The summed E-state index contributed by atoms with van der Waals surface area (Å²) in [6, 6.07) is 20.9. The average molecular weight is 522 g/mol. The first kappa shape index (κ1) is 26.4. The fourth-order valence-electron chi connectivity index (χ4n) is 4.20. The number of aryl methyl sites for hydroxylation is 1. The van der Waals surface area contributed by atoms with Gasteiger partial charge < -0.3 is 15.4 Å². The van der Waals surface area contributed by atoms with Crippen LogP contribution in [0.2, 0.25) is 0 Å². The molecule has 1 unspecified atom stereocenters. The molecule has 1 aliphatic heterocycles. The van der Waals surface area contributed by atoms with Gasteiger partial charge in [0, 0.05) is 18.7 Å². The Bertz CT molecular complexity index is 1370. The SMILES string of the molecule is Cc1cccc(N(Cc2ccc(C(=O)Nc3ccccc3C(=O)NCC3CCCO3)cc2)S(C)(=O)=O)c1. The van der Waals surface area contributed by atoms with Crippen LogP contribution in [0.5, 0.6) is 0 Å². The van der Waals surface area contributed by atoms with Crippen molar-refractivity contribution in [2.75, 3.05) is 29.0 Å². The van der Waals surface area contributed by atoms with Crippen LogP contribution in [0.1, 0.15) is 44.7 Å². The number of carbonyl (C=O) groups excluding carboxylic acids is 2. The maximum Gasteiger partial charge on any atom is 0.255 e. The van der Waals surface area contributed by atoms with Crippen LogP contribution < -0.4 is 14.9 Å². The molecule has 9 heteroatoms. The molecule has 1 saturated heterocycles. The molecule has 3 aromatic carbocycles. The number of rotatable bonds is 9. The summed E-state index contributed by atoms with van der Waals surface area (Å²) < 4.78 is 31.8. The zero-order chi connectivity index (χ0) is 26.4. The van der Waals surface area contributed by atoms with Gasteiger partial charge in [0.2, 0.25) is 10.0 Å². The Morgan fingerprint density at radius 3 is 2.43 bits per heavy atom. The predicted octanol–water partition coefficient (Wildman–Crippen LogP) is 4.12. The van der Waals surface area contributed by atoms with Crippen molar-refractivity contribution in [2.24, 2.45) is 0 Å². The number of nitrogens with zero attached hydrogens (tertiary/aromatic N) is 1. The molecule has 1 fully saturated rings. The molecule has 0 bridgehead atoms. The highest BCUT2D eigenvalue weighted by Crippen LogP contribution is 2.22. The fraction of sp³-hybridized carbons (Fsp3) is 0.286. The molecule has 2 N–H and O–H groups in total. The van der Waals surface area contributed by atoms with Crippen molar-refractivity contribution in [1.29, 1.82) is 0 Å². The summed E-state index contributed by atoms with van der Waals surface area (Å²) in [5.41, 5.74) is 3.44. The minimum atomic E-state index is -3.52. The first-order chi connectivity index (χ1) is 17.7. The second-order valence-electron chi connectivity index (χ2n) is 9.15. The Balaban J connectivity index is 1.44. The van der Waals surface area contributed by atoms with E-state index < -0.39 is 10.0 Å². The largest absolute Gasteiger partial charge is 0.376 e. The number of sulfonamides is 1. The van der Waals surface area contributed by atoms with Crippen molar-refractivity contribution < 1.29 is 22.7 Å². The molecule has 0 aliphatic carbocycles. The Morgan fingerprint density at radius 2 is 1.76 bits per heavy atom. The molecular formula is C28H31N3O5S. The molecule has 0 spiro atoms. The third kappa shape index (κ3) is 6.96. The highest BCUT2D eigenvalue weighted by molar-refractivity contribution is 7.92. The lowest BCUT2D eigenvalue weighted by molar-refractivity contribution is 0.0858. The van der Waals surface area contributed by atoms with Gasteiger partial charge in [-0.15, -0.1) is 0 Å². The molecule has 1 aliphatic rings. The molecule has 3 aromatic rings. The maximum atomic E-state index is 12.9. The first-order valence-corrected chi connectivity index (χ1v) is 14.0. The van der Waals surface area contributed by atoms with Gasteiger partial charge in [-0.1, -0.05) is 36.4 Å². The number of hydrogen-bond donors (Lipinski definition) is 2. The predicted molar refractivity (Wildman–Crippen MR) is 144 cm³/mol. The number of amides is 2. The molecule has 194 valence electrons. The van der Waals surface area contributed by atoms with Gasteiger partial charge in [-0.05, 0) is 67.3 Å². The van der Waals surface area contributed by atoms with E-state index in [-0.39, 0.29) is 24.5 Å². The van der Waals surface area contributed by atoms with Crippen molar-refractivity contribution in [3.05, 3.63) is 95.1 Å². The molecule has 8 nitrogen and oxygen atoms in total. The van der Waals surface area contributed by atoms with Crippen molar-refractivity contribution in [2.45, 2.75) is 32.4 Å². The summed E-state index contributed by atoms with van der Waals surface area (Å²) in [4.78, 5) is 25.7. The minimum absolute atomic E-state index is 0.0220. The lowest BCUT2D eigenvalue weighted by Gasteiger charge is -2.23. The summed E-state index contributed by atoms with van der Waals surface area (Å²) in [6.45, 7) is 3.18. The van der Waals surface area contributed by atoms with Gasteiger partial charge >= 0.3 is 0 Å². The second-order valence-corrected chi connectivity index (χ2v) is 11.1. The quantitative estimate of drug-likeness (QED) is 0.441. The Labute approximate surface area is 217 Å². The van der Waals surface area contributed by atoms with E-state index in [1.807, 2.05) is 25.1 Å². The third-order valence-electron chi connectivity index (χ3n) is 6.17. The number of benzene rings is 3. The first-order valence-electron chi connectivity index (χ1n) is 12.1. The van der Waals surface area contributed by atoms with Crippen molar-refractivity contribution in [1.82, 2.24) is 5.32 Å². The summed E-state index contributed by atoms with van der Waals surface area (Å²) in [5, 5.41) is 5.69. The lowest BCUT2D eigenvalue weighted by Crippen LogP contribution is -2.32. The smallest absolute Gasteiger partial charge is 0.255 e. The van der Waals surface area contributed by atoms with Gasteiger partial charge in [0.25, 0.3) is 11.8 Å². The summed E-state index contributed by atoms with van der Waals surface area (Å²) in [7, 11) is -3.52.